The predicted molar refractivity (Wildman–Crippen MR) is 81.5 cm³/mol. The molecule has 0 heterocycles. The molecule has 3 fully saturated rings. The highest BCUT2D eigenvalue weighted by atomic mass is 16.6. The van der Waals surface area contributed by atoms with Crippen LogP contribution in [0.15, 0.2) is 24.3 Å². The Labute approximate surface area is 129 Å². The molecule has 0 spiro atoms. The van der Waals surface area contributed by atoms with Crippen molar-refractivity contribution in [3.8, 4) is 0 Å². The Hall–Kier alpha value is -1.91. The highest BCUT2D eigenvalue weighted by Crippen LogP contribution is 2.61. The molecule has 0 N–H and O–H groups in total. The van der Waals surface area contributed by atoms with Crippen LogP contribution < -0.4 is 0 Å². The number of hydrogen-bond donors (Lipinski definition) is 0. The van der Waals surface area contributed by atoms with Crippen molar-refractivity contribution in [2.24, 2.45) is 23.2 Å². The van der Waals surface area contributed by atoms with E-state index < -0.39 is 4.92 Å². The molecule has 1 aromatic carbocycles. The fourth-order valence-electron chi connectivity index (χ4n) is 4.18. The van der Waals surface area contributed by atoms with Crippen molar-refractivity contribution < 1.29 is 14.5 Å². The summed E-state index contributed by atoms with van der Waals surface area (Å²) in [6.07, 6.45) is 2.11. The van der Waals surface area contributed by atoms with Crippen LogP contribution >= 0.6 is 0 Å². The number of fused-ring (bicyclic) bond motifs is 2. The van der Waals surface area contributed by atoms with Crippen LogP contribution in [0, 0.1) is 33.3 Å². The van der Waals surface area contributed by atoms with E-state index in [9.17, 15) is 14.9 Å². The first-order chi connectivity index (χ1) is 10.3. The maximum atomic E-state index is 12.2. The number of ether oxygens (including phenoxy) is 1. The van der Waals surface area contributed by atoms with Crippen molar-refractivity contribution in [1.82, 2.24) is 0 Å². The molecule has 0 aliphatic heterocycles. The highest BCUT2D eigenvalue weighted by Gasteiger charge is 2.57. The topological polar surface area (TPSA) is 69.4 Å². The molecule has 3 aliphatic carbocycles. The lowest BCUT2D eigenvalue weighted by Crippen LogP contribution is -2.57. The van der Waals surface area contributed by atoms with E-state index in [-0.39, 0.29) is 17.8 Å². The second-order valence-corrected chi connectivity index (χ2v) is 7.20. The molecule has 22 heavy (non-hydrogen) atoms. The Morgan fingerprint density at radius 3 is 2.41 bits per heavy atom. The first kappa shape index (κ1) is 15.0. The van der Waals surface area contributed by atoms with Crippen LogP contribution in [0.2, 0.25) is 0 Å². The molecule has 0 aromatic heterocycles. The summed E-state index contributed by atoms with van der Waals surface area (Å²) in [5.41, 5.74) is 0.706. The minimum Gasteiger partial charge on any atom is -0.458 e. The van der Waals surface area contributed by atoms with E-state index in [4.69, 9.17) is 4.74 Å². The standard InChI is InChI=1S/C17H21NO4/c1-10-14-8-12(17(14,2)3)9-15(10)22-16(19)11-4-6-13(7-5-11)18(20)21/h4-7,10,12,14-15H,8-9H2,1-3H3/t10-,12+,14+,15+/m0/s1. The van der Waals surface area contributed by atoms with Crippen molar-refractivity contribution in [2.45, 2.75) is 39.7 Å². The van der Waals surface area contributed by atoms with E-state index in [2.05, 4.69) is 20.8 Å². The van der Waals surface area contributed by atoms with Crippen LogP contribution in [0.4, 0.5) is 5.69 Å². The number of hydrogen-bond acceptors (Lipinski definition) is 4. The molecule has 5 heteroatoms. The largest absolute Gasteiger partial charge is 0.458 e. The number of nitrogens with zero attached hydrogens (tertiary/aromatic N) is 1. The summed E-state index contributed by atoms with van der Waals surface area (Å²) in [6, 6.07) is 5.58. The fourth-order valence-corrected chi connectivity index (χ4v) is 4.18. The number of esters is 1. The summed E-state index contributed by atoms with van der Waals surface area (Å²) in [5, 5.41) is 10.6. The number of benzene rings is 1. The Balaban J connectivity index is 1.66. The lowest BCUT2D eigenvalue weighted by molar-refractivity contribution is -0.384. The summed E-state index contributed by atoms with van der Waals surface area (Å²) >= 11 is 0. The zero-order valence-electron chi connectivity index (χ0n) is 13.1. The van der Waals surface area contributed by atoms with Gasteiger partial charge in [0.2, 0.25) is 0 Å². The molecule has 0 radical (unpaired) electrons. The molecule has 1 aromatic rings. The maximum absolute atomic E-state index is 12.2. The molecule has 3 saturated carbocycles. The first-order valence-corrected chi connectivity index (χ1v) is 7.76. The summed E-state index contributed by atoms with van der Waals surface area (Å²) < 4.78 is 5.68. The monoisotopic (exact) mass is 303 g/mol. The Morgan fingerprint density at radius 1 is 1.27 bits per heavy atom. The smallest absolute Gasteiger partial charge is 0.338 e. The van der Waals surface area contributed by atoms with Gasteiger partial charge in [-0.15, -0.1) is 0 Å². The second kappa shape index (κ2) is 5.07. The molecule has 118 valence electrons. The van der Waals surface area contributed by atoms with Gasteiger partial charge in [-0.05, 0) is 48.1 Å². The quantitative estimate of drug-likeness (QED) is 0.483. The average molecular weight is 303 g/mol. The molecule has 0 amide bonds. The van der Waals surface area contributed by atoms with Crippen LogP contribution in [-0.4, -0.2) is 17.0 Å². The van der Waals surface area contributed by atoms with Gasteiger partial charge in [0.25, 0.3) is 5.69 Å². The van der Waals surface area contributed by atoms with Crippen molar-refractivity contribution in [1.29, 1.82) is 0 Å². The minimum absolute atomic E-state index is 0.0226. The third-order valence-electron chi connectivity index (χ3n) is 5.86. The molecule has 0 saturated heterocycles. The molecule has 2 bridgehead atoms. The van der Waals surface area contributed by atoms with Gasteiger partial charge >= 0.3 is 5.97 Å². The van der Waals surface area contributed by atoms with Gasteiger partial charge in [-0.25, -0.2) is 4.79 Å². The number of rotatable bonds is 3. The number of non-ortho nitro benzene ring substituents is 1. The lowest BCUT2D eigenvalue weighted by atomic mass is 9.45. The molecule has 4 rings (SSSR count). The highest BCUT2D eigenvalue weighted by molar-refractivity contribution is 5.89. The van der Waals surface area contributed by atoms with Gasteiger partial charge in [-0.3, -0.25) is 10.1 Å². The van der Waals surface area contributed by atoms with Crippen LogP contribution in [0.5, 0.6) is 0 Å². The first-order valence-electron chi connectivity index (χ1n) is 7.76. The van der Waals surface area contributed by atoms with Gasteiger partial charge in [0.15, 0.2) is 0 Å². The fraction of sp³-hybridized carbons (Fsp3) is 0.588. The van der Waals surface area contributed by atoms with Crippen molar-refractivity contribution >= 4 is 11.7 Å². The third kappa shape index (κ3) is 2.28. The van der Waals surface area contributed by atoms with E-state index >= 15 is 0 Å². The molecular weight excluding hydrogens is 282 g/mol. The Kier molecular flexibility index (Phi) is 3.46. The number of carbonyl (C=O) groups is 1. The summed E-state index contributed by atoms with van der Waals surface area (Å²) in [5.74, 6) is 1.22. The SMILES string of the molecule is C[C@H]1[C@H]2C[C@H](C[C@H]1OC(=O)c1ccc([N+](=O)[O-])cc1)C2(C)C. The van der Waals surface area contributed by atoms with E-state index in [1.807, 2.05) is 0 Å². The van der Waals surface area contributed by atoms with Crippen LogP contribution in [0.3, 0.4) is 0 Å². The van der Waals surface area contributed by atoms with E-state index in [1.54, 1.807) is 0 Å². The van der Waals surface area contributed by atoms with E-state index in [0.29, 0.717) is 28.7 Å². The lowest BCUT2D eigenvalue weighted by Gasteiger charge is -2.61. The van der Waals surface area contributed by atoms with Crippen LogP contribution in [0.25, 0.3) is 0 Å². The molecule has 4 atom stereocenters. The van der Waals surface area contributed by atoms with Gasteiger partial charge in [0, 0.05) is 12.1 Å². The summed E-state index contributed by atoms with van der Waals surface area (Å²) in [6.45, 7) is 6.77. The number of nitro groups is 1. The van der Waals surface area contributed by atoms with E-state index in [1.165, 1.54) is 30.7 Å². The zero-order valence-corrected chi connectivity index (χ0v) is 13.1. The molecular formula is C17H21NO4. The normalized spacial score (nSPS) is 32.0. The Bertz CT molecular complexity index is 608. The van der Waals surface area contributed by atoms with Gasteiger partial charge in [-0.2, -0.15) is 0 Å². The molecule has 3 aliphatic rings. The zero-order chi connectivity index (χ0) is 16.1. The van der Waals surface area contributed by atoms with Gasteiger partial charge < -0.3 is 4.74 Å². The van der Waals surface area contributed by atoms with Gasteiger partial charge in [0.1, 0.15) is 6.10 Å². The van der Waals surface area contributed by atoms with Crippen molar-refractivity contribution in [3.05, 3.63) is 39.9 Å². The summed E-state index contributed by atoms with van der Waals surface area (Å²) in [4.78, 5) is 22.4. The van der Waals surface area contributed by atoms with Crippen LogP contribution in [0.1, 0.15) is 44.0 Å². The summed E-state index contributed by atoms with van der Waals surface area (Å²) in [7, 11) is 0. The third-order valence-corrected chi connectivity index (χ3v) is 5.86. The average Bonchev–Trinajstić information content (AvgIpc) is 2.48. The predicted octanol–water partition coefficient (Wildman–Crippen LogP) is 3.82. The van der Waals surface area contributed by atoms with E-state index in [0.717, 1.165) is 6.42 Å². The number of carbonyl (C=O) groups excluding carboxylic acids is 1. The molecule has 0 unspecified atom stereocenters. The van der Waals surface area contributed by atoms with Gasteiger partial charge in [-0.1, -0.05) is 20.8 Å². The van der Waals surface area contributed by atoms with Crippen molar-refractivity contribution in [3.63, 3.8) is 0 Å². The maximum Gasteiger partial charge on any atom is 0.338 e. The van der Waals surface area contributed by atoms with Gasteiger partial charge in [0.05, 0.1) is 10.5 Å². The van der Waals surface area contributed by atoms with Crippen molar-refractivity contribution in [2.75, 3.05) is 0 Å². The minimum atomic E-state index is -0.478. The number of nitro benzene ring substituents is 1. The second-order valence-electron chi connectivity index (χ2n) is 7.20. The Morgan fingerprint density at radius 2 is 1.91 bits per heavy atom. The van der Waals surface area contributed by atoms with Crippen LogP contribution in [-0.2, 0) is 4.74 Å². The molecule has 5 nitrogen and oxygen atoms in total.